The topological polar surface area (TPSA) is 40.6 Å². The fraction of sp³-hybridized carbons (Fsp3) is 0.500. The van der Waals surface area contributed by atoms with E-state index in [1.807, 2.05) is 73.5 Å². The minimum Gasteiger partial charge on any atom is -0.333 e. The molecule has 0 aliphatic rings. The summed E-state index contributed by atoms with van der Waals surface area (Å²) in [6, 6.07) is 14.1. The van der Waals surface area contributed by atoms with Crippen molar-refractivity contribution >= 4 is 23.2 Å². The average molecular weight is 415 g/mol. The van der Waals surface area contributed by atoms with Gasteiger partial charge in [-0.15, -0.1) is 11.3 Å². The van der Waals surface area contributed by atoms with Crippen LogP contribution in [0.2, 0.25) is 0 Å². The Morgan fingerprint density at radius 2 is 1.69 bits per heavy atom. The second kappa shape index (κ2) is 10.6. The van der Waals surface area contributed by atoms with Crippen molar-refractivity contribution in [3.63, 3.8) is 0 Å². The second-order valence-corrected chi connectivity index (χ2v) is 9.80. The first-order valence-corrected chi connectivity index (χ1v) is 11.2. The molecule has 1 aromatic carbocycles. The fourth-order valence-electron chi connectivity index (χ4n) is 3.09. The molecule has 4 nitrogen and oxygen atoms in total. The summed E-state index contributed by atoms with van der Waals surface area (Å²) < 4.78 is 0. The molecule has 2 amide bonds. The molecule has 1 aromatic heterocycles. The molecule has 0 aliphatic heterocycles. The normalized spacial score (nSPS) is 12.4. The molecule has 0 radical (unpaired) electrons. The van der Waals surface area contributed by atoms with E-state index in [0.717, 1.165) is 16.9 Å². The van der Waals surface area contributed by atoms with Crippen molar-refractivity contribution in [3.05, 3.63) is 58.3 Å². The molecule has 1 heterocycles. The zero-order chi connectivity index (χ0) is 21.4. The molecule has 0 fully saturated rings. The minimum absolute atomic E-state index is 0.0110. The van der Waals surface area contributed by atoms with Crippen LogP contribution >= 0.6 is 11.3 Å². The third kappa shape index (κ3) is 7.32. The van der Waals surface area contributed by atoms with Gasteiger partial charge >= 0.3 is 0 Å². The van der Waals surface area contributed by atoms with Crippen molar-refractivity contribution in [2.75, 3.05) is 13.1 Å². The monoisotopic (exact) mass is 414 g/mol. The molecular weight excluding hydrogens is 380 g/mol. The Morgan fingerprint density at radius 3 is 2.24 bits per heavy atom. The Hall–Kier alpha value is -2.14. The predicted molar refractivity (Wildman–Crippen MR) is 121 cm³/mol. The summed E-state index contributed by atoms with van der Waals surface area (Å²) in [4.78, 5) is 31.1. The van der Waals surface area contributed by atoms with Crippen LogP contribution in [0.25, 0.3) is 0 Å². The number of thiophene rings is 1. The number of nitrogens with zero attached hydrogens (tertiary/aromatic N) is 2. The van der Waals surface area contributed by atoms with Gasteiger partial charge in [-0.3, -0.25) is 9.59 Å². The van der Waals surface area contributed by atoms with E-state index >= 15 is 0 Å². The van der Waals surface area contributed by atoms with Crippen molar-refractivity contribution in [1.82, 2.24) is 9.80 Å². The Balaban J connectivity index is 2.20. The highest BCUT2D eigenvalue weighted by Crippen LogP contribution is 2.20. The number of rotatable bonds is 9. The van der Waals surface area contributed by atoms with Gasteiger partial charge in [-0.1, -0.05) is 77.4 Å². The molecule has 1 unspecified atom stereocenters. The molecule has 0 spiro atoms. The summed E-state index contributed by atoms with van der Waals surface area (Å²) in [5.74, 6) is 0.374. The first-order chi connectivity index (χ1) is 13.7. The van der Waals surface area contributed by atoms with Crippen molar-refractivity contribution in [2.45, 2.75) is 54.1 Å². The summed E-state index contributed by atoms with van der Waals surface area (Å²) >= 11 is 1.65. The summed E-state index contributed by atoms with van der Waals surface area (Å²) in [7, 11) is 0. The number of carbonyl (C=O) groups excluding carboxylic acids is 2. The Labute approximate surface area is 179 Å². The molecule has 2 aromatic rings. The number of benzene rings is 1. The first-order valence-electron chi connectivity index (χ1n) is 10.3. The van der Waals surface area contributed by atoms with Crippen LogP contribution in [0.5, 0.6) is 0 Å². The maximum Gasteiger partial charge on any atom is 0.242 e. The van der Waals surface area contributed by atoms with Crippen LogP contribution in [0.15, 0.2) is 47.8 Å². The molecule has 2 rings (SSSR count). The van der Waals surface area contributed by atoms with E-state index in [4.69, 9.17) is 0 Å². The van der Waals surface area contributed by atoms with Gasteiger partial charge in [0, 0.05) is 23.4 Å². The van der Waals surface area contributed by atoms with Crippen molar-refractivity contribution in [3.8, 4) is 0 Å². The van der Waals surface area contributed by atoms with Gasteiger partial charge in [0.2, 0.25) is 11.8 Å². The van der Waals surface area contributed by atoms with E-state index in [2.05, 4.69) is 13.8 Å². The van der Waals surface area contributed by atoms with Crippen LogP contribution in [0.3, 0.4) is 0 Å². The average Bonchev–Trinajstić information content (AvgIpc) is 3.19. The Morgan fingerprint density at radius 1 is 1.00 bits per heavy atom. The van der Waals surface area contributed by atoms with Gasteiger partial charge in [0.1, 0.15) is 0 Å². The maximum absolute atomic E-state index is 13.3. The number of carbonyl (C=O) groups is 2. The van der Waals surface area contributed by atoms with Crippen LogP contribution in [-0.2, 0) is 22.7 Å². The van der Waals surface area contributed by atoms with Gasteiger partial charge in [-0.05, 0) is 22.9 Å². The van der Waals surface area contributed by atoms with E-state index < -0.39 is 5.41 Å². The van der Waals surface area contributed by atoms with Crippen LogP contribution in [0.4, 0.5) is 0 Å². The zero-order valence-electron chi connectivity index (χ0n) is 18.4. The summed E-state index contributed by atoms with van der Waals surface area (Å²) in [5.41, 5.74) is 0.583. The summed E-state index contributed by atoms with van der Waals surface area (Å²) in [6.07, 6.45) is 0.977. The molecule has 29 heavy (non-hydrogen) atoms. The lowest BCUT2D eigenvalue weighted by Crippen LogP contribution is -2.47. The lowest BCUT2D eigenvalue weighted by atomic mass is 9.94. The van der Waals surface area contributed by atoms with E-state index in [9.17, 15) is 9.59 Å². The number of hydrogen-bond acceptors (Lipinski definition) is 3. The highest BCUT2D eigenvalue weighted by molar-refractivity contribution is 7.09. The summed E-state index contributed by atoms with van der Waals surface area (Å²) in [6.45, 7) is 11.8. The molecule has 1 atom stereocenters. The SMILES string of the molecule is CCC(C)CN(CC(=O)N(Cc1ccccc1)Cc1cccs1)C(=O)C(C)(C)C. The van der Waals surface area contributed by atoms with Gasteiger partial charge < -0.3 is 9.80 Å². The van der Waals surface area contributed by atoms with E-state index in [0.29, 0.717) is 25.6 Å². The molecule has 0 saturated heterocycles. The largest absolute Gasteiger partial charge is 0.333 e. The molecule has 158 valence electrons. The molecule has 0 aliphatic carbocycles. The lowest BCUT2D eigenvalue weighted by Gasteiger charge is -2.33. The smallest absolute Gasteiger partial charge is 0.242 e. The third-order valence-electron chi connectivity index (χ3n) is 4.98. The predicted octanol–water partition coefficient (Wildman–Crippen LogP) is 5.20. The second-order valence-electron chi connectivity index (χ2n) is 8.76. The van der Waals surface area contributed by atoms with Gasteiger partial charge in [0.15, 0.2) is 0 Å². The summed E-state index contributed by atoms with van der Waals surface area (Å²) in [5, 5.41) is 2.03. The van der Waals surface area contributed by atoms with E-state index in [1.165, 1.54) is 0 Å². The quantitative estimate of drug-likeness (QED) is 0.566. The standard InChI is InChI=1S/C24H34N2O2S/c1-6-19(2)15-26(23(28)24(3,4)5)18-22(27)25(17-21-13-10-14-29-21)16-20-11-8-7-9-12-20/h7-14,19H,6,15-18H2,1-5H3. The molecule has 0 bridgehead atoms. The fourth-order valence-corrected chi connectivity index (χ4v) is 3.81. The lowest BCUT2D eigenvalue weighted by molar-refractivity contribution is -0.146. The number of hydrogen-bond donors (Lipinski definition) is 0. The molecule has 0 saturated carbocycles. The van der Waals surface area contributed by atoms with Gasteiger partial charge in [-0.25, -0.2) is 0 Å². The van der Waals surface area contributed by atoms with Crippen LogP contribution in [0, 0.1) is 11.3 Å². The molecule has 5 heteroatoms. The van der Waals surface area contributed by atoms with Crippen LogP contribution < -0.4 is 0 Å². The Bertz CT molecular complexity index is 766. The van der Waals surface area contributed by atoms with Gasteiger partial charge in [0.25, 0.3) is 0 Å². The van der Waals surface area contributed by atoms with E-state index in [-0.39, 0.29) is 18.4 Å². The van der Waals surface area contributed by atoms with Gasteiger partial charge in [-0.2, -0.15) is 0 Å². The highest BCUT2D eigenvalue weighted by Gasteiger charge is 2.30. The third-order valence-corrected chi connectivity index (χ3v) is 5.84. The minimum atomic E-state index is -0.508. The number of amides is 2. The van der Waals surface area contributed by atoms with Crippen LogP contribution in [-0.4, -0.2) is 34.7 Å². The van der Waals surface area contributed by atoms with Crippen molar-refractivity contribution in [2.24, 2.45) is 11.3 Å². The van der Waals surface area contributed by atoms with Crippen LogP contribution in [0.1, 0.15) is 51.5 Å². The zero-order valence-corrected chi connectivity index (χ0v) is 19.2. The van der Waals surface area contributed by atoms with Crippen molar-refractivity contribution in [1.29, 1.82) is 0 Å². The maximum atomic E-state index is 13.3. The first kappa shape index (κ1) is 23.1. The van der Waals surface area contributed by atoms with E-state index in [1.54, 1.807) is 16.2 Å². The molecular formula is C24H34N2O2S. The van der Waals surface area contributed by atoms with Crippen molar-refractivity contribution < 1.29 is 9.59 Å². The van der Waals surface area contributed by atoms with Gasteiger partial charge in [0.05, 0.1) is 13.1 Å². The highest BCUT2D eigenvalue weighted by atomic mass is 32.1. The Kier molecular flexibility index (Phi) is 8.45. The molecule has 0 N–H and O–H groups in total.